The maximum atomic E-state index is 4.70. The highest BCUT2D eigenvalue weighted by Crippen LogP contribution is 2.40. The van der Waals surface area contributed by atoms with Crippen molar-refractivity contribution in [1.82, 2.24) is 24.7 Å². The van der Waals surface area contributed by atoms with Crippen LogP contribution in [0, 0.1) is 0 Å². The molecule has 2 aromatic heterocycles. The fourth-order valence-electron chi connectivity index (χ4n) is 4.22. The molecule has 0 radical (unpaired) electrons. The van der Waals surface area contributed by atoms with Crippen LogP contribution in [0.5, 0.6) is 0 Å². The summed E-state index contributed by atoms with van der Waals surface area (Å²) < 4.78 is 1.88. The highest BCUT2D eigenvalue weighted by Gasteiger charge is 2.31. The molecule has 23 heavy (non-hydrogen) atoms. The molecule has 122 valence electrons. The summed E-state index contributed by atoms with van der Waals surface area (Å²) in [7, 11) is 0. The van der Waals surface area contributed by atoms with E-state index in [1.165, 1.54) is 63.0 Å². The molecular formula is C17H24N6. The van der Waals surface area contributed by atoms with Gasteiger partial charge in [-0.25, -0.2) is 0 Å². The molecule has 6 heteroatoms. The van der Waals surface area contributed by atoms with E-state index < -0.39 is 0 Å². The van der Waals surface area contributed by atoms with Crippen molar-refractivity contribution >= 4 is 11.3 Å². The minimum atomic E-state index is 0.653. The van der Waals surface area contributed by atoms with Crippen molar-refractivity contribution in [3.63, 3.8) is 0 Å². The van der Waals surface area contributed by atoms with E-state index in [1.807, 2.05) is 4.52 Å². The third-order valence-corrected chi connectivity index (χ3v) is 5.66. The first-order valence-electron chi connectivity index (χ1n) is 9.08. The number of anilines is 1. The van der Waals surface area contributed by atoms with Crippen molar-refractivity contribution in [3.8, 4) is 0 Å². The minimum absolute atomic E-state index is 0.653. The first-order chi connectivity index (χ1) is 11.4. The van der Waals surface area contributed by atoms with Gasteiger partial charge in [-0.3, -0.25) is 4.90 Å². The lowest BCUT2D eigenvalue weighted by molar-refractivity contribution is 0.215. The Labute approximate surface area is 136 Å². The van der Waals surface area contributed by atoms with Gasteiger partial charge in [0.1, 0.15) is 6.33 Å². The van der Waals surface area contributed by atoms with Crippen molar-refractivity contribution in [2.75, 3.05) is 31.1 Å². The maximum Gasteiger partial charge on any atom is 0.200 e. The van der Waals surface area contributed by atoms with Gasteiger partial charge in [0.25, 0.3) is 0 Å². The number of rotatable bonds is 3. The summed E-state index contributed by atoms with van der Waals surface area (Å²) in [6.45, 7) is 4.81. The van der Waals surface area contributed by atoms with E-state index in [-0.39, 0.29) is 0 Å². The Morgan fingerprint density at radius 3 is 2.70 bits per heavy atom. The van der Waals surface area contributed by atoms with E-state index in [4.69, 9.17) is 5.10 Å². The second kappa shape index (κ2) is 5.44. The quantitative estimate of drug-likeness (QED) is 0.868. The first kappa shape index (κ1) is 13.7. The largest absolute Gasteiger partial charge is 0.367 e. The molecule has 0 aromatic carbocycles. The Balaban J connectivity index is 1.47. The Kier molecular flexibility index (Phi) is 3.25. The normalized spacial score (nSPS) is 26.3. The van der Waals surface area contributed by atoms with Gasteiger partial charge >= 0.3 is 0 Å². The van der Waals surface area contributed by atoms with Gasteiger partial charge in [0.05, 0.1) is 11.4 Å². The molecule has 0 N–H and O–H groups in total. The molecule has 2 aromatic rings. The summed E-state index contributed by atoms with van der Waals surface area (Å²) in [5, 5.41) is 13.1. The van der Waals surface area contributed by atoms with Crippen LogP contribution in [-0.2, 0) is 0 Å². The van der Waals surface area contributed by atoms with Gasteiger partial charge in [0.2, 0.25) is 5.65 Å². The fraction of sp³-hybridized carbons (Fsp3) is 0.706. The number of piperidine rings is 1. The third-order valence-electron chi connectivity index (χ3n) is 5.66. The van der Waals surface area contributed by atoms with Gasteiger partial charge in [-0.15, -0.1) is 10.2 Å². The van der Waals surface area contributed by atoms with Crippen LogP contribution in [0.1, 0.15) is 50.1 Å². The molecule has 0 spiro atoms. The minimum Gasteiger partial charge on any atom is -0.367 e. The standard InChI is InChI=1S/C17H24N6/c1-2-8-21(7-1)14-4-3-9-22(11-14)16-10-15(13-5-6-13)20-23-12-18-19-17(16)23/h10,12-14H,1-9,11H2. The molecule has 2 saturated heterocycles. The highest BCUT2D eigenvalue weighted by molar-refractivity contribution is 5.68. The lowest BCUT2D eigenvalue weighted by Crippen LogP contribution is -2.47. The SMILES string of the molecule is c1c(C2CC2)nn2cnnc2c1N1CCCC(N2CCCC2)C1. The molecule has 6 nitrogen and oxygen atoms in total. The van der Waals surface area contributed by atoms with E-state index in [2.05, 4.69) is 26.1 Å². The van der Waals surface area contributed by atoms with Crippen LogP contribution in [0.25, 0.3) is 5.65 Å². The second-order valence-corrected chi connectivity index (χ2v) is 7.31. The molecule has 1 aliphatic carbocycles. The molecule has 1 atom stereocenters. The zero-order valence-electron chi connectivity index (χ0n) is 13.6. The molecule has 4 heterocycles. The zero-order chi connectivity index (χ0) is 15.2. The summed E-state index contributed by atoms with van der Waals surface area (Å²) in [5.41, 5.74) is 3.37. The molecule has 0 amide bonds. The summed E-state index contributed by atoms with van der Waals surface area (Å²) in [4.78, 5) is 5.22. The van der Waals surface area contributed by atoms with Crippen molar-refractivity contribution in [2.45, 2.75) is 50.5 Å². The second-order valence-electron chi connectivity index (χ2n) is 7.31. The van der Waals surface area contributed by atoms with E-state index in [1.54, 1.807) is 6.33 Å². The molecule has 3 fully saturated rings. The predicted molar refractivity (Wildman–Crippen MR) is 88.8 cm³/mol. The zero-order valence-corrected chi connectivity index (χ0v) is 13.6. The Bertz CT molecular complexity index is 700. The lowest BCUT2D eigenvalue weighted by atomic mass is 10.0. The van der Waals surface area contributed by atoms with Crippen molar-refractivity contribution in [1.29, 1.82) is 0 Å². The van der Waals surface area contributed by atoms with Gasteiger partial charge in [-0.1, -0.05) is 0 Å². The van der Waals surface area contributed by atoms with Gasteiger partial charge in [-0.2, -0.15) is 9.61 Å². The number of likely N-dealkylation sites (tertiary alicyclic amines) is 1. The maximum absolute atomic E-state index is 4.70. The molecule has 1 unspecified atom stereocenters. The number of fused-ring (bicyclic) bond motifs is 1. The summed E-state index contributed by atoms with van der Waals surface area (Å²) in [5.74, 6) is 0.653. The van der Waals surface area contributed by atoms with E-state index in [0.717, 1.165) is 18.7 Å². The van der Waals surface area contributed by atoms with Gasteiger partial charge in [0, 0.05) is 25.0 Å². The van der Waals surface area contributed by atoms with E-state index >= 15 is 0 Å². The summed E-state index contributed by atoms with van der Waals surface area (Å²) in [6.07, 6.45) is 9.63. The van der Waals surface area contributed by atoms with Crippen LogP contribution < -0.4 is 4.90 Å². The lowest BCUT2D eigenvalue weighted by Gasteiger charge is -2.38. The molecule has 5 rings (SSSR count). The number of hydrogen-bond donors (Lipinski definition) is 0. The van der Waals surface area contributed by atoms with Crippen LogP contribution >= 0.6 is 0 Å². The Morgan fingerprint density at radius 1 is 1.00 bits per heavy atom. The van der Waals surface area contributed by atoms with Crippen molar-refractivity contribution in [3.05, 3.63) is 18.1 Å². The summed E-state index contributed by atoms with van der Waals surface area (Å²) >= 11 is 0. The Morgan fingerprint density at radius 2 is 1.87 bits per heavy atom. The van der Waals surface area contributed by atoms with Gasteiger partial charge < -0.3 is 4.90 Å². The third kappa shape index (κ3) is 2.49. The highest BCUT2D eigenvalue weighted by atomic mass is 15.4. The van der Waals surface area contributed by atoms with Gasteiger partial charge in [0.15, 0.2) is 0 Å². The molecule has 2 aliphatic heterocycles. The monoisotopic (exact) mass is 312 g/mol. The van der Waals surface area contributed by atoms with Crippen LogP contribution in [0.4, 0.5) is 5.69 Å². The van der Waals surface area contributed by atoms with Crippen LogP contribution in [-0.4, -0.2) is 56.9 Å². The van der Waals surface area contributed by atoms with Crippen LogP contribution in [0.15, 0.2) is 12.4 Å². The molecular weight excluding hydrogens is 288 g/mol. The predicted octanol–water partition coefficient (Wildman–Crippen LogP) is 2.07. The van der Waals surface area contributed by atoms with Crippen LogP contribution in [0.2, 0.25) is 0 Å². The molecule has 0 bridgehead atoms. The Hall–Kier alpha value is -1.69. The fourth-order valence-corrected chi connectivity index (χ4v) is 4.22. The molecule has 3 aliphatic rings. The van der Waals surface area contributed by atoms with E-state index in [9.17, 15) is 0 Å². The smallest absolute Gasteiger partial charge is 0.200 e. The van der Waals surface area contributed by atoms with Crippen molar-refractivity contribution in [2.24, 2.45) is 0 Å². The summed E-state index contributed by atoms with van der Waals surface area (Å²) in [6, 6.07) is 2.99. The first-order valence-corrected chi connectivity index (χ1v) is 9.08. The van der Waals surface area contributed by atoms with E-state index in [0.29, 0.717) is 12.0 Å². The number of nitrogens with zero attached hydrogens (tertiary/aromatic N) is 6. The topological polar surface area (TPSA) is 49.6 Å². The average molecular weight is 312 g/mol. The average Bonchev–Trinajstić information content (AvgIpc) is 3.11. The number of hydrogen-bond acceptors (Lipinski definition) is 5. The molecule has 1 saturated carbocycles. The van der Waals surface area contributed by atoms with Gasteiger partial charge in [-0.05, 0) is 57.7 Å². The van der Waals surface area contributed by atoms with Crippen LogP contribution in [0.3, 0.4) is 0 Å². The van der Waals surface area contributed by atoms with Crippen molar-refractivity contribution < 1.29 is 0 Å². The number of aromatic nitrogens is 4.